The maximum Gasteiger partial charge on any atom is 0.231 e. The van der Waals surface area contributed by atoms with Gasteiger partial charge in [0.25, 0.3) is 0 Å². The van der Waals surface area contributed by atoms with Crippen LogP contribution in [-0.4, -0.2) is 23.4 Å². The molecule has 0 saturated carbocycles. The number of ether oxygens (including phenoxy) is 1. The fourth-order valence-corrected chi connectivity index (χ4v) is 3.16. The molecule has 0 aliphatic heterocycles. The summed E-state index contributed by atoms with van der Waals surface area (Å²) in [5.41, 5.74) is 4.43. The maximum atomic E-state index is 10.3. The number of aryl methyl sites for hydroxylation is 1. The van der Waals surface area contributed by atoms with E-state index in [2.05, 4.69) is 9.98 Å². The number of nitrogens with zero attached hydrogens (tertiary/aromatic N) is 2. The lowest BCUT2D eigenvalue weighted by Gasteiger charge is -2.03. The zero-order valence-corrected chi connectivity index (χ0v) is 16.1. The number of aliphatic imine (C=N–C) groups is 1. The van der Waals surface area contributed by atoms with Crippen LogP contribution in [0.2, 0.25) is 5.02 Å². The lowest BCUT2D eigenvalue weighted by Crippen LogP contribution is -1.86. The lowest BCUT2D eigenvalue weighted by molar-refractivity contribution is 0.415. The van der Waals surface area contributed by atoms with Gasteiger partial charge in [-0.2, -0.15) is 0 Å². The van der Waals surface area contributed by atoms with E-state index >= 15 is 0 Å². The van der Waals surface area contributed by atoms with Gasteiger partial charge in [-0.3, -0.25) is 4.99 Å². The molecule has 4 aromatic rings. The largest absolute Gasteiger partial charge is 0.507 e. The first-order valence-corrected chi connectivity index (χ1v) is 9.00. The van der Waals surface area contributed by atoms with Crippen LogP contribution >= 0.6 is 11.6 Å². The fourth-order valence-electron chi connectivity index (χ4n) is 2.89. The Morgan fingerprint density at radius 2 is 2.00 bits per heavy atom. The van der Waals surface area contributed by atoms with Gasteiger partial charge in [0.1, 0.15) is 17.0 Å². The van der Waals surface area contributed by atoms with E-state index in [1.807, 2.05) is 31.2 Å². The number of fused-ring (bicyclic) bond motifs is 1. The van der Waals surface area contributed by atoms with Crippen LogP contribution in [0.5, 0.6) is 11.5 Å². The Morgan fingerprint density at radius 3 is 2.75 bits per heavy atom. The van der Waals surface area contributed by atoms with Crippen molar-refractivity contribution in [2.24, 2.45) is 4.99 Å². The standard InChI is InChI=1S/C22H17ClN2O3/c1-13-4-3-5-20-21(13)25-22(28-20)16-11-15(7-8-18(16)26)24-12-14-6-9-19(27-2)17(23)10-14/h3-12,26H,1-2H3. The summed E-state index contributed by atoms with van der Waals surface area (Å²) in [7, 11) is 1.57. The quantitative estimate of drug-likeness (QED) is 0.437. The molecule has 5 nitrogen and oxygen atoms in total. The smallest absolute Gasteiger partial charge is 0.231 e. The second-order valence-corrected chi connectivity index (χ2v) is 6.70. The monoisotopic (exact) mass is 392 g/mol. The van der Waals surface area contributed by atoms with Gasteiger partial charge >= 0.3 is 0 Å². The normalized spacial score (nSPS) is 11.4. The second kappa shape index (κ2) is 7.37. The molecule has 140 valence electrons. The number of aromatic nitrogens is 1. The molecule has 0 spiro atoms. The first-order valence-electron chi connectivity index (χ1n) is 8.62. The first kappa shape index (κ1) is 18.1. The molecule has 1 N–H and O–H groups in total. The number of para-hydroxylation sites is 1. The van der Waals surface area contributed by atoms with Crippen molar-refractivity contribution in [2.75, 3.05) is 7.11 Å². The molecule has 0 bridgehead atoms. The molecule has 28 heavy (non-hydrogen) atoms. The average molecular weight is 393 g/mol. The van der Waals surface area contributed by atoms with Crippen molar-refractivity contribution >= 4 is 34.6 Å². The second-order valence-electron chi connectivity index (χ2n) is 6.29. The summed E-state index contributed by atoms with van der Waals surface area (Å²) in [5, 5.41) is 10.8. The fraction of sp³-hybridized carbons (Fsp3) is 0.0909. The highest BCUT2D eigenvalue weighted by Gasteiger charge is 2.14. The molecule has 6 heteroatoms. The van der Waals surface area contributed by atoms with Crippen molar-refractivity contribution in [1.82, 2.24) is 4.98 Å². The molecule has 0 amide bonds. The number of aromatic hydroxyl groups is 1. The summed E-state index contributed by atoms with van der Waals surface area (Å²) in [4.78, 5) is 8.99. The summed E-state index contributed by atoms with van der Waals surface area (Å²) in [6.07, 6.45) is 1.69. The van der Waals surface area contributed by atoms with Crippen LogP contribution < -0.4 is 4.74 Å². The zero-order chi connectivity index (χ0) is 19.7. The minimum absolute atomic E-state index is 0.0793. The Bertz CT molecular complexity index is 1200. The van der Waals surface area contributed by atoms with Gasteiger partial charge in [0.15, 0.2) is 5.58 Å². The lowest BCUT2D eigenvalue weighted by atomic mass is 10.1. The van der Waals surface area contributed by atoms with Crippen molar-refractivity contribution in [2.45, 2.75) is 6.92 Å². The molecule has 0 radical (unpaired) electrons. The minimum atomic E-state index is 0.0793. The zero-order valence-electron chi connectivity index (χ0n) is 15.3. The molecule has 0 fully saturated rings. The molecule has 0 aliphatic carbocycles. The average Bonchev–Trinajstić information content (AvgIpc) is 3.13. The number of oxazole rings is 1. The molecular weight excluding hydrogens is 376 g/mol. The van der Waals surface area contributed by atoms with Crippen LogP contribution in [-0.2, 0) is 0 Å². The van der Waals surface area contributed by atoms with Gasteiger partial charge < -0.3 is 14.3 Å². The van der Waals surface area contributed by atoms with Crippen molar-refractivity contribution in [1.29, 1.82) is 0 Å². The summed E-state index contributed by atoms with van der Waals surface area (Å²) < 4.78 is 11.0. The molecule has 0 aliphatic rings. The van der Waals surface area contributed by atoms with Gasteiger partial charge in [-0.25, -0.2) is 4.98 Å². The number of phenols is 1. The van der Waals surface area contributed by atoms with E-state index in [4.69, 9.17) is 20.8 Å². The van der Waals surface area contributed by atoms with E-state index in [-0.39, 0.29) is 5.75 Å². The van der Waals surface area contributed by atoms with Crippen LogP contribution in [0.25, 0.3) is 22.6 Å². The van der Waals surface area contributed by atoms with Gasteiger partial charge in [-0.15, -0.1) is 0 Å². The first-order chi connectivity index (χ1) is 13.5. The maximum absolute atomic E-state index is 10.3. The van der Waals surface area contributed by atoms with Gasteiger partial charge in [0, 0.05) is 6.21 Å². The molecule has 0 unspecified atom stereocenters. The Morgan fingerprint density at radius 1 is 1.14 bits per heavy atom. The SMILES string of the molecule is COc1ccc(C=Nc2ccc(O)c(-c3nc4c(C)cccc4o3)c2)cc1Cl. The van der Waals surface area contributed by atoms with Crippen LogP contribution in [0.1, 0.15) is 11.1 Å². The van der Waals surface area contributed by atoms with Crippen LogP contribution in [0.3, 0.4) is 0 Å². The summed E-state index contributed by atoms with van der Waals surface area (Å²) >= 11 is 6.15. The highest BCUT2D eigenvalue weighted by atomic mass is 35.5. The minimum Gasteiger partial charge on any atom is -0.507 e. The Labute approximate surface area is 166 Å². The third-order valence-electron chi connectivity index (χ3n) is 4.37. The van der Waals surface area contributed by atoms with E-state index < -0.39 is 0 Å². The molecule has 0 saturated heterocycles. The van der Waals surface area contributed by atoms with Gasteiger partial charge in [-0.05, 0) is 60.5 Å². The predicted octanol–water partition coefficient (Wildman–Crippen LogP) is 5.92. The Kier molecular flexibility index (Phi) is 4.75. The number of methoxy groups -OCH3 is 1. The summed E-state index contributed by atoms with van der Waals surface area (Å²) in [6.45, 7) is 1.97. The van der Waals surface area contributed by atoms with E-state index in [1.165, 1.54) is 0 Å². The highest BCUT2D eigenvalue weighted by molar-refractivity contribution is 6.32. The van der Waals surface area contributed by atoms with Crippen molar-refractivity contribution in [3.63, 3.8) is 0 Å². The third kappa shape index (κ3) is 3.44. The molecule has 4 rings (SSSR count). The Balaban J connectivity index is 1.68. The van der Waals surface area contributed by atoms with E-state index in [0.717, 1.165) is 16.6 Å². The highest BCUT2D eigenvalue weighted by Crippen LogP contribution is 2.34. The van der Waals surface area contributed by atoms with Crippen LogP contribution in [0, 0.1) is 6.92 Å². The molecule has 1 aromatic heterocycles. The van der Waals surface area contributed by atoms with Crippen LogP contribution in [0.15, 0.2) is 64.0 Å². The van der Waals surface area contributed by atoms with E-state index in [1.54, 1.807) is 43.7 Å². The summed E-state index contributed by atoms with van der Waals surface area (Å²) in [6, 6.07) is 16.2. The van der Waals surface area contributed by atoms with E-state index in [0.29, 0.717) is 33.5 Å². The number of hydrogen-bond donors (Lipinski definition) is 1. The van der Waals surface area contributed by atoms with Crippen LogP contribution in [0.4, 0.5) is 5.69 Å². The van der Waals surface area contributed by atoms with E-state index in [9.17, 15) is 5.11 Å². The van der Waals surface area contributed by atoms with Gasteiger partial charge in [-0.1, -0.05) is 23.7 Å². The van der Waals surface area contributed by atoms with Gasteiger partial charge in [0.2, 0.25) is 5.89 Å². The van der Waals surface area contributed by atoms with Crippen molar-refractivity contribution < 1.29 is 14.3 Å². The molecular formula is C22H17ClN2O3. The number of halogens is 1. The summed E-state index contributed by atoms with van der Waals surface area (Å²) in [5.74, 6) is 1.04. The number of rotatable bonds is 4. The predicted molar refractivity (Wildman–Crippen MR) is 111 cm³/mol. The van der Waals surface area contributed by atoms with Crippen molar-refractivity contribution in [3.05, 3.63) is 70.7 Å². The van der Waals surface area contributed by atoms with Gasteiger partial charge in [0.05, 0.1) is 23.4 Å². The van der Waals surface area contributed by atoms with Crippen molar-refractivity contribution in [3.8, 4) is 23.0 Å². The number of hydrogen-bond acceptors (Lipinski definition) is 5. The topological polar surface area (TPSA) is 67.8 Å². The number of phenolic OH excluding ortho intramolecular Hbond substituents is 1. The third-order valence-corrected chi connectivity index (χ3v) is 4.67. The molecule has 3 aromatic carbocycles. The Hall–Kier alpha value is -3.31. The number of benzene rings is 3. The molecule has 0 atom stereocenters. The molecule has 1 heterocycles.